The SMILES string of the molecule is CCCCCCCCCCCCCCCCOC(=O)CC(N)C(=O)OCCCCCCCCCCCCCCCC. The molecular formula is C36H71NO4. The van der Waals surface area contributed by atoms with Gasteiger partial charge in [0.2, 0.25) is 0 Å². The fraction of sp³-hybridized carbons (Fsp3) is 0.944. The fourth-order valence-electron chi connectivity index (χ4n) is 5.38. The van der Waals surface area contributed by atoms with Gasteiger partial charge in [-0.25, -0.2) is 0 Å². The summed E-state index contributed by atoms with van der Waals surface area (Å²) < 4.78 is 10.5. The lowest BCUT2D eigenvalue weighted by Crippen LogP contribution is -2.35. The topological polar surface area (TPSA) is 78.6 Å². The molecule has 0 aromatic heterocycles. The molecule has 0 aromatic rings. The van der Waals surface area contributed by atoms with Crippen molar-refractivity contribution < 1.29 is 19.1 Å². The molecule has 0 aliphatic carbocycles. The maximum absolute atomic E-state index is 12.1. The Hall–Kier alpha value is -1.10. The van der Waals surface area contributed by atoms with Crippen LogP contribution >= 0.6 is 0 Å². The van der Waals surface area contributed by atoms with Crippen molar-refractivity contribution in [3.05, 3.63) is 0 Å². The smallest absolute Gasteiger partial charge is 0.323 e. The number of rotatable bonds is 33. The van der Waals surface area contributed by atoms with Gasteiger partial charge < -0.3 is 15.2 Å². The Kier molecular flexibility index (Phi) is 32.5. The predicted molar refractivity (Wildman–Crippen MR) is 175 cm³/mol. The summed E-state index contributed by atoms with van der Waals surface area (Å²) in [6.07, 6.45) is 36.2. The highest BCUT2D eigenvalue weighted by atomic mass is 16.5. The summed E-state index contributed by atoms with van der Waals surface area (Å²) in [7, 11) is 0. The van der Waals surface area contributed by atoms with Gasteiger partial charge in [-0.2, -0.15) is 0 Å². The van der Waals surface area contributed by atoms with Crippen LogP contribution in [0.2, 0.25) is 0 Å². The Labute approximate surface area is 255 Å². The molecule has 5 heteroatoms. The van der Waals surface area contributed by atoms with E-state index in [4.69, 9.17) is 15.2 Å². The standard InChI is InChI=1S/C36H71NO4/c1-3-5-7-9-11-13-15-17-19-21-23-25-27-29-31-40-35(38)33-34(37)36(39)41-32-30-28-26-24-22-20-18-16-14-12-10-8-6-4-2/h34H,3-33,37H2,1-2H3. The molecule has 0 fully saturated rings. The van der Waals surface area contributed by atoms with Crippen LogP contribution in [0.25, 0.3) is 0 Å². The number of ether oxygens (including phenoxy) is 2. The zero-order valence-corrected chi connectivity index (χ0v) is 27.7. The normalized spacial score (nSPS) is 12.0. The van der Waals surface area contributed by atoms with Crippen LogP contribution in [0.1, 0.15) is 200 Å². The van der Waals surface area contributed by atoms with E-state index in [9.17, 15) is 9.59 Å². The zero-order chi connectivity index (χ0) is 30.1. The summed E-state index contributed by atoms with van der Waals surface area (Å²) in [5, 5.41) is 0. The summed E-state index contributed by atoms with van der Waals surface area (Å²) in [6, 6.07) is -0.925. The van der Waals surface area contributed by atoms with E-state index in [1.54, 1.807) is 0 Å². The minimum Gasteiger partial charge on any atom is -0.466 e. The molecule has 0 amide bonds. The number of hydrogen-bond acceptors (Lipinski definition) is 5. The van der Waals surface area contributed by atoms with Crippen molar-refractivity contribution in [1.82, 2.24) is 0 Å². The second-order valence-corrected chi connectivity index (χ2v) is 12.4. The van der Waals surface area contributed by atoms with E-state index in [0.29, 0.717) is 13.2 Å². The molecule has 244 valence electrons. The first-order valence-electron chi connectivity index (χ1n) is 18.2. The van der Waals surface area contributed by atoms with Crippen molar-refractivity contribution in [1.29, 1.82) is 0 Å². The molecule has 0 rings (SSSR count). The Balaban J connectivity index is 3.40. The average molecular weight is 582 g/mol. The highest BCUT2D eigenvalue weighted by molar-refractivity contribution is 5.82. The van der Waals surface area contributed by atoms with Gasteiger partial charge in [0, 0.05) is 0 Å². The van der Waals surface area contributed by atoms with E-state index in [1.165, 1.54) is 154 Å². The van der Waals surface area contributed by atoms with Crippen LogP contribution in [0, 0.1) is 0 Å². The van der Waals surface area contributed by atoms with Crippen LogP contribution in [-0.4, -0.2) is 31.2 Å². The Morgan fingerprint density at radius 2 is 0.707 bits per heavy atom. The van der Waals surface area contributed by atoms with Gasteiger partial charge in [0.05, 0.1) is 19.6 Å². The summed E-state index contributed by atoms with van der Waals surface area (Å²) >= 11 is 0. The van der Waals surface area contributed by atoms with Crippen molar-refractivity contribution in [2.75, 3.05) is 13.2 Å². The number of unbranched alkanes of at least 4 members (excludes halogenated alkanes) is 26. The number of carbonyl (C=O) groups is 2. The number of carbonyl (C=O) groups excluding carboxylic acids is 2. The third kappa shape index (κ3) is 31.7. The van der Waals surface area contributed by atoms with Gasteiger partial charge >= 0.3 is 11.9 Å². The predicted octanol–water partition coefficient (Wildman–Crippen LogP) is 10.8. The highest BCUT2D eigenvalue weighted by Gasteiger charge is 2.19. The molecule has 5 nitrogen and oxygen atoms in total. The monoisotopic (exact) mass is 582 g/mol. The van der Waals surface area contributed by atoms with Gasteiger partial charge in [0.25, 0.3) is 0 Å². The molecule has 0 bridgehead atoms. The van der Waals surface area contributed by atoms with Gasteiger partial charge in [-0.1, -0.05) is 181 Å². The van der Waals surface area contributed by atoms with Crippen LogP contribution in [0.15, 0.2) is 0 Å². The van der Waals surface area contributed by atoms with Crippen LogP contribution in [-0.2, 0) is 19.1 Å². The lowest BCUT2D eigenvalue weighted by atomic mass is 10.0. The van der Waals surface area contributed by atoms with E-state index in [0.717, 1.165) is 25.7 Å². The average Bonchev–Trinajstić information content (AvgIpc) is 2.96. The maximum atomic E-state index is 12.1. The quantitative estimate of drug-likeness (QED) is 0.0616. The zero-order valence-electron chi connectivity index (χ0n) is 27.7. The molecule has 0 saturated heterocycles. The largest absolute Gasteiger partial charge is 0.466 e. The molecule has 41 heavy (non-hydrogen) atoms. The van der Waals surface area contributed by atoms with Crippen molar-refractivity contribution in [2.45, 2.75) is 206 Å². The number of nitrogens with two attached hydrogens (primary N) is 1. The molecule has 0 aromatic carbocycles. The first-order valence-corrected chi connectivity index (χ1v) is 18.2. The van der Waals surface area contributed by atoms with E-state index in [2.05, 4.69) is 13.8 Å². The van der Waals surface area contributed by atoms with Crippen molar-refractivity contribution in [3.63, 3.8) is 0 Å². The lowest BCUT2D eigenvalue weighted by Gasteiger charge is -2.11. The van der Waals surface area contributed by atoms with E-state index >= 15 is 0 Å². The second kappa shape index (κ2) is 33.4. The Bertz CT molecular complexity index is 554. The summed E-state index contributed by atoms with van der Waals surface area (Å²) in [4.78, 5) is 24.1. The molecule has 1 unspecified atom stereocenters. The van der Waals surface area contributed by atoms with Crippen molar-refractivity contribution in [3.8, 4) is 0 Å². The minimum absolute atomic E-state index is 0.101. The van der Waals surface area contributed by atoms with Gasteiger partial charge in [-0.15, -0.1) is 0 Å². The molecular weight excluding hydrogens is 510 g/mol. The van der Waals surface area contributed by atoms with Crippen LogP contribution in [0.4, 0.5) is 0 Å². The number of esters is 2. The van der Waals surface area contributed by atoms with Gasteiger partial charge in [-0.3, -0.25) is 9.59 Å². The van der Waals surface area contributed by atoms with Crippen molar-refractivity contribution in [2.24, 2.45) is 5.73 Å². The molecule has 0 aliphatic rings. The van der Waals surface area contributed by atoms with Crippen LogP contribution in [0.5, 0.6) is 0 Å². The minimum atomic E-state index is -0.925. The first-order chi connectivity index (χ1) is 20.1. The van der Waals surface area contributed by atoms with Gasteiger partial charge in [0.1, 0.15) is 6.04 Å². The van der Waals surface area contributed by atoms with E-state index in [-0.39, 0.29) is 6.42 Å². The fourth-order valence-corrected chi connectivity index (χ4v) is 5.38. The first kappa shape index (κ1) is 39.9. The molecule has 0 radical (unpaired) electrons. The van der Waals surface area contributed by atoms with Crippen LogP contribution < -0.4 is 5.73 Å². The highest BCUT2D eigenvalue weighted by Crippen LogP contribution is 2.14. The molecule has 0 aliphatic heterocycles. The summed E-state index contributed by atoms with van der Waals surface area (Å²) in [5.74, 6) is -0.895. The molecule has 1 atom stereocenters. The second-order valence-electron chi connectivity index (χ2n) is 12.4. The Morgan fingerprint density at radius 3 is 1.02 bits per heavy atom. The third-order valence-corrected chi connectivity index (χ3v) is 8.19. The third-order valence-electron chi connectivity index (χ3n) is 8.19. The lowest BCUT2D eigenvalue weighted by molar-refractivity contribution is -0.152. The molecule has 0 spiro atoms. The molecule has 2 N–H and O–H groups in total. The number of hydrogen-bond donors (Lipinski definition) is 1. The Morgan fingerprint density at radius 1 is 0.439 bits per heavy atom. The van der Waals surface area contributed by atoms with Gasteiger partial charge in [-0.05, 0) is 12.8 Å². The van der Waals surface area contributed by atoms with Crippen molar-refractivity contribution >= 4 is 11.9 Å². The van der Waals surface area contributed by atoms with Gasteiger partial charge in [0.15, 0.2) is 0 Å². The summed E-state index contributed by atoms with van der Waals surface area (Å²) in [5.41, 5.74) is 5.86. The van der Waals surface area contributed by atoms with E-state index in [1.807, 2.05) is 0 Å². The van der Waals surface area contributed by atoms with E-state index < -0.39 is 18.0 Å². The maximum Gasteiger partial charge on any atom is 0.323 e. The summed E-state index contributed by atoms with van der Waals surface area (Å²) in [6.45, 7) is 5.34. The van der Waals surface area contributed by atoms with Crippen LogP contribution in [0.3, 0.4) is 0 Å². The molecule has 0 heterocycles. The molecule has 0 saturated carbocycles.